The highest BCUT2D eigenvalue weighted by atomic mass is 32.2. The lowest BCUT2D eigenvalue weighted by atomic mass is 10.2. The molecule has 1 aliphatic rings. The second-order valence-electron chi connectivity index (χ2n) is 4.72. The van der Waals surface area contributed by atoms with E-state index < -0.39 is 32.2 Å². The van der Waals surface area contributed by atoms with Crippen LogP contribution in [0.3, 0.4) is 0 Å². The topological polar surface area (TPSA) is 61.2 Å². The first-order chi connectivity index (χ1) is 10.8. The van der Waals surface area contributed by atoms with E-state index in [0.717, 1.165) is 41.4 Å². The zero-order valence-electron chi connectivity index (χ0n) is 11.3. The Kier molecular flexibility index (Phi) is 3.38. The molecule has 0 saturated heterocycles. The van der Waals surface area contributed by atoms with Gasteiger partial charge in [0, 0.05) is 12.3 Å². The highest BCUT2D eigenvalue weighted by Gasteiger charge is 2.32. The Bertz CT molecular complexity index is 974. The molecule has 0 spiro atoms. The molecule has 4 nitrogen and oxygen atoms in total. The summed E-state index contributed by atoms with van der Waals surface area (Å²) < 4.78 is 64.9. The minimum Gasteiger partial charge on any atom is -0.313 e. The van der Waals surface area contributed by atoms with Crippen molar-refractivity contribution in [2.24, 2.45) is 0 Å². The molecule has 0 bridgehead atoms. The minimum absolute atomic E-state index is 0.0722. The minimum atomic E-state index is -4.11. The van der Waals surface area contributed by atoms with E-state index in [1.807, 2.05) is 0 Å². The molecule has 1 aliphatic heterocycles. The molecule has 0 radical (unpaired) electrons. The molecule has 0 amide bonds. The van der Waals surface area contributed by atoms with Crippen LogP contribution in [0.25, 0.3) is 0 Å². The molecule has 1 heterocycles. The van der Waals surface area contributed by atoms with Gasteiger partial charge in [0.15, 0.2) is 4.91 Å². The van der Waals surface area contributed by atoms with E-state index in [1.165, 1.54) is 6.07 Å². The van der Waals surface area contributed by atoms with E-state index in [-0.39, 0.29) is 16.3 Å². The normalized spacial score (nSPS) is 15.6. The van der Waals surface area contributed by atoms with Crippen molar-refractivity contribution in [3.05, 3.63) is 65.0 Å². The highest BCUT2D eigenvalue weighted by Crippen LogP contribution is 2.39. The second-order valence-corrected chi connectivity index (χ2v) is 6.60. The molecule has 116 valence electrons. The van der Waals surface area contributed by atoms with E-state index >= 15 is 0 Å². The van der Waals surface area contributed by atoms with Crippen molar-refractivity contribution >= 4 is 21.2 Å². The number of nitrogens with zero attached hydrogens (tertiary/aromatic N) is 2. The van der Waals surface area contributed by atoms with Gasteiger partial charge in [-0.2, -0.15) is 5.26 Å². The van der Waals surface area contributed by atoms with Gasteiger partial charge in [-0.25, -0.2) is 21.6 Å². The fraction of sp³-hybridized carbons (Fsp3) is 0. The maximum Gasteiger partial charge on any atom is 0.220 e. The van der Waals surface area contributed by atoms with Crippen LogP contribution in [-0.4, -0.2) is 8.42 Å². The predicted octanol–water partition coefficient (Wildman–Crippen LogP) is 3.39. The van der Waals surface area contributed by atoms with Gasteiger partial charge in [-0.15, -0.1) is 0 Å². The average molecular weight is 336 g/mol. The van der Waals surface area contributed by atoms with Crippen molar-refractivity contribution in [3.63, 3.8) is 0 Å². The quantitative estimate of drug-likeness (QED) is 0.749. The number of hydrogen-bond donors (Lipinski definition) is 0. The standard InChI is InChI=1S/C15H7F3N2O2S/c16-9-1-2-15-14(6-9)20(8-13(7-19)23(15,21)22)12-4-10(17)3-11(18)5-12/h1-6,8H. The molecular weight excluding hydrogens is 329 g/mol. The molecule has 0 saturated carbocycles. The zero-order chi connectivity index (χ0) is 16.8. The maximum atomic E-state index is 13.5. The summed E-state index contributed by atoms with van der Waals surface area (Å²) in [5, 5.41) is 9.03. The largest absolute Gasteiger partial charge is 0.313 e. The first-order valence-electron chi connectivity index (χ1n) is 6.25. The molecule has 2 aromatic carbocycles. The molecule has 2 aromatic rings. The Balaban J connectivity index is 2.33. The lowest BCUT2D eigenvalue weighted by molar-refractivity contribution is 0.583. The van der Waals surface area contributed by atoms with Crippen molar-refractivity contribution in [1.82, 2.24) is 0 Å². The van der Waals surface area contributed by atoms with Crippen molar-refractivity contribution in [2.75, 3.05) is 4.90 Å². The number of anilines is 2. The molecule has 0 N–H and O–H groups in total. The van der Waals surface area contributed by atoms with Gasteiger partial charge in [0.25, 0.3) is 0 Å². The molecular formula is C15H7F3N2O2S. The Hall–Kier alpha value is -2.79. The number of hydrogen-bond acceptors (Lipinski definition) is 4. The molecule has 0 atom stereocenters. The predicted molar refractivity (Wildman–Crippen MR) is 75.8 cm³/mol. The maximum absolute atomic E-state index is 13.5. The summed E-state index contributed by atoms with van der Waals surface area (Å²) in [6.07, 6.45) is 0.908. The molecule has 0 unspecified atom stereocenters. The molecule has 0 aliphatic carbocycles. The lowest BCUT2D eigenvalue weighted by Gasteiger charge is -2.27. The summed E-state index contributed by atoms with van der Waals surface area (Å²) in [5.41, 5.74) is -0.203. The molecule has 0 fully saturated rings. The smallest absolute Gasteiger partial charge is 0.220 e. The summed E-state index contributed by atoms with van der Waals surface area (Å²) in [4.78, 5) is 0.133. The van der Waals surface area contributed by atoms with Crippen LogP contribution in [0, 0.1) is 28.8 Å². The number of nitriles is 1. The molecule has 3 rings (SSSR count). The van der Waals surface area contributed by atoms with E-state index in [9.17, 15) is 21.6 Å². The number of benzene rings is 2. The van der Waals surface area contributed by atoms with Crippen LogP contribution in [0.15, 0.2) is 52.4 Å². The van der Waals surface area contributed by atoms with E-state index in [4.69, 9.17) is 5.26 Å². The first-order valence-corrected chi connectivity index (χ1v) is 7.73. The Morgan fingerprint density at radius 2 is 1.61 bits per heavy atom. The van der Waals surface area contributed by atoms with Crippen LogP contribution in [-0.2, 0) is 9.84 Å². The van der Waals surface area contributed by atoms with E-state index in [0.29, 0.717) is 6.07 Å². The van der Waals surface area contributed by atoms with Crippen LogP contribution in [0.5, 0.6) is 0 Å². The van der Waals surface area contributed by atoms with Crippen molar-refractivity contribution < 1.29 is 21.6 Å². The molecule has 8 heteroatoms. The van der Waals surface area contributed by atoms with Gasteiger partial charge in [0.1, 0.15) is 23.5 Å². The molecule has 23 heavy (non-hydrogen) atoms. The SMILES string of the molecule is N#CC1=CN(c2cc(F)cc(F)c2)c2cc(F)ccc2S1(=O)=O. The van der Waals surface area contributed by atoms with Crippen molar-refractivity contribution in [3.8, 4) is 6.07 Å². The summed E-state index contributed by atoms with van der Waals surface area (Å²) in [5.74, 6) is -2.51. The first kappa shape index (κ1) is 15.1. The molecule has 0 aromatic heterocycles. The van der Waals surface area contributed by atoms with E-state index in [1.54, 1.807) is 0 Å². The lowest BCUT2D eigenvalue weighted by Crippen LogP contribution is -2.21. The number of sulfone groups is 1. The third kappa shape index (κ3) is 2.45. The summed E-state index contributed by atoms with van der Waals surface area (Å²) >= 11 is 0. The summed E-state index contributed by atoms with van der Waals surface area (Å²) in [6, 6.07) is 6.92. The van der Waals surface area contributed by atoms with Gasteiger partial charge in [-0.1, -0.05) is 0 Å². The van der Waals surface area contributed by atoms with Gasteiger partial charge in [0.05, 0.1) is 16.3 Å². The number of halogens is 3. The second kappa shape index (κ2) is 5.14. The van der Waals surface area contributed by atoms with Gasteiger partial charge in [-0.05, 0) is 30.3 Å². The van der Waals surface area contributed by atoms with Gasteiger partial charge in [0.2, 0.25) is 9.84 Å². The Morgan fingerprint density at radius 3 is 2.22 bits per heavy atom. The van der Waals surface area contributed by atoms with Crippen LogP contribution in [0.4, 0.5) is 24.5 Å². The fourth-order valence-corrected chi connectivity index (χ4v) is 3.54. The van der Waals surface area contributed by atoms with Gasteiger partial charge >= 0.3 is 0 Å². The summed E-state index contributed by atoms with van der Waals surface area (Å²) in [7, 11) is -4.11. The highest BCUT2D eigenvalue weighted by molar-refractivity contribution is 7.95. The fourth-order valence-electron chi connectivity index (χ4n) is 2.26. The third-order valence-corrected chi connectivity index (χ3v) is 4.94. The van der Waals surface area contributed by atoms with Crippen LogP contribution < -0.4 is 4.90 Å². The zero-order valence-corrected chi connectivity index (χ0v) is 12.1. The van der Waals surface area contributed by atoms with Crippen LogP contribution in [0.2, 0.25) is 0 Å². The van der Waals surface area contributed by atoms with Crippen molar-refractivity contribution in [2.45, 2.75) is 4.90 Å². The number of fused-ring (bicyclic) bond motifs is 1. The van der Waals surface area contributed by atoms with Gasteiger partial charge in [-0.3, -0.25) is 0 Å². The monoisotopic (exact) mass is 336 g/mol. The number of rotatable bonds is 1. The number of allylic oxidation sites excluding steroid dienone is 1. The third-order valence-electron chi connectivity index (χ3n) is 3.24. The van der Waals surface area contributed by atoms with Gasteiger partial charge < -0.3 is 4.90 Å². The average Bonchev–Trinajstić information content (AvgIpc) is 2.46. The Labute approximate surface area is 129 Å². The summed E-state index contributed by atoms with van der Waals surface area (Å²) in [6.45, 7) is 0. The van der Waals surface area contributed by atoms with Crippen LogP contribution >= 0.6 is 0 Å². The van der Waals surface area contributed by atoms with E-state index in [2.05, 4.69) is 0 Å². The van der Waals surface area contributed by atoms with Crippen molar-refractivity contribution in [1.29, 1.82) is 5.26 Å². The Morgan fingerprint density at radius 1 is 0.957 bits per heavy atom. The van der Waals surface area contributed by atoms with Crippen LogP contribution in [0.1, 0.15) is 0 Å².